The lowest BCUT2D eigenvalue weighted by atomic mass is 10.3. The molecule has 1 aromatic carbocycles. The van der Waals surface area contributed by atoms with E-state index >= 15 is 0 Å². The Morgan fingerprint density at radius 1 is 1.33 bits per heavy atom. The van der Waals surface area contributed by atoms with E-state index in [1.165, 1.54) is 0 Å². The first-order chi connectivity index (χ1) is 9.65. The van der Waals surface area contributed by atoms with E-state index < -0.39 is 0 Å². The number of hydrogen-bond acceptors (Lipinski definition) is 3. The summed E-state index contributed by atoms with van der Waals surface area (Å²) in [5, 5.41) is 4.43. The molecule has 0 unspecified atom stereocenters. The van der Waals surface area contributed by atoms with Crippen LogP contribution in [0.2, 0.25) is 0 Å². The van der Waals surface area contributed by atoms with E-state index in [0.29, 0.717) is 12.2 Å². The van der Waals surface area contributed by atoms with Gasteiger partial charge in [-0.15, -0.1) is 12.4 Å². The van der Waals surface area contributed by atoms with Crippen molar-refractivity contribution in [1.82, 2.24) is 14.7 Å². The zero-order valence-corrected chi connectivity index (χ0v) is 12.7. The van der Waals surface area contributed by atoms with Crippen molar-refractivity contribution in [3.63, 3.8) is 0 Å². The summed E-state index contributed by atoms with van der Waals surface area (Å²) >= 11 is 0. The molecule has 6 heteroatoms. The van der Waals surface area contributed by atoms with E-state index in [0.717, 1.165) is 24.3 Å². The lowest BCUT2D eigenvalue weighted by Crippen LogP contribution is -2.32. The van der Waals surface area contributed by atoms with Crippen molar-refractivity contribution in [3.8, 4) is 5.69 Å². The van der Waals surface area contributed by atoms with Crippen molar-refractivity contribution in [2.75, 3.05) is 13.1 Å². The minimum absolute atomic E-state index is 0. The van der Waals surface area contributed by atoms with Gasteiger partial charge >= 0.3 is 0 Å². The Bertz CT molecular complexity index is 626. The molecule has 112 valence electrons. The van der Waals surface area contributed by atoms with E-state index in [1.54, 1.807) is 9.58 Å². The van der Waals surface area contributed by atoms with Crippen LogP contribution in [0, 0.1) is 6.92 Å². The van der Waals surface area contributed by atoms with Gasteiger partial charge in [0.05, 0.1) is 5.69 Å². The Labute approximate surface area is 130 Å². The van der Waals surface area contributed by atoms with Gasteiger partial charge in [0, 0.05) is 24.8 Å². The third kappa shape index (κ3) is 3.09. The third-order valence-electron chi connectivity index (χ3n) is 3.62. The zero-order valence-electron chi connectivity index (χ0n) is 11.9. The van der Waals surface area contributed by atoms with Crippen molar-refractivity contribution in [3.05, 3.63) is 47.8 Å². The Morgan fingerprint density at radius 3 is 2.67 bits per heavy atom. The molecular weight excluding hydrogens is 288 g/mol. The summed E-state index contributed by atoms with van der Waals surface area (Å²) in [6.07, 6.45) is 0.865. The van der Waals surface area contributed by atoms with Crippen LogP contribution in [-0.4, -0.2) is 39.7 Å². The van der Waals surface area contributed by atoms with E-state index in [-0.39, 0.29) is 24.4 Å². The van der Waals surface area contributed by atoms with Crippen molar-refractivity contribution in [2.24, 2.45) is 5.73 Å². The van der Waals surface area contributed by atoms with Crippen molar-refractivity contribution in [2.45, 2.75) is 19.4 Å². The summed E-state index contributed by atoms with van der Waals surface area (Å²) in [6, 6.07) is 11.7. The molecule has 3 rings (SSSR count). The third-order valence-corrected chi connectivity index (χ3v) is 3.62. The second-order valence-corrected chi connectivity index (χ2v) is 5.22. The smallest absolute Gasteiger partial charge is 0.274 e. The highest BCUT2D eigenvalue weighted by Gasteiger charge is 2.26. The summed E-state index contributed by atoms with van der Waals surface area (Å²) in [7, 11) is 0. The van der Waals surface area contributed by atoms with Gasteiger partial charge < -0.3 is 10.6 Å². The zero-order chi connectivity index (χ0) is 14.1. The number of aryl methyl sites for hydroxylation is 1. The van der Waals surface area contributed by atoms with Gasteiger partial charge in [0.15, 0.2) is 5.69 Å². The summed E-state index contributed by atoms with van der Waals surface area (Å²) < 4.78 is 1.79. The molecule has 1 saturated heterocycles. The molecule has 2 N–H and O–H groups in total. The molecule has 5 nitrogen and oxygen atoms in total. The van der Waals surface area contributed by atoms with Crippen LogP contribution in [-0.2, 0) is 0 Å². The molecule has 1 aromatic heterocycles. The summed E-state index contributed by atoms with van der Waals surface area (Å²) in [5.74, 6) is -0.0317. The fraction of sp³-hybridized carbons (Fsp3) is 0.333. The first kappa shape index (κ1) is 15.5. The van der Waals surface area contributed by atoms with Crippen LogP contribution < -0.4 is 5.73 Å². The van der Waals surface area contributed by atoms with E-state index in [2.05, 4.69) is 5.10 Å². The van der Waals surface area contributed by atoms with Gasteiger partial charge in [-0.25, -0.2) is 4.68 Å². The number of para-hydroxylation sites is 1. The molecule has 1 atom stereocenters. The Balaban J connectivity index is 0.00000161. The number of hydrogen-bond donors (Lipinski definition) is 1. The number of benzene rings is 1. The fourth-order valence-corrected chi connectivity index (χ4v) is 2.54. The van der Waals surface area contributed by atoms with Gasteiger partial charge in [0.2, 0.25) is 0 Å². The molecule has 2 heterocycles. The number of nitrogens with two attached hydrogens (primary N) is 1. The van der Waals surface area contributed by atoms with Crippen molar-refractivity contribution >= 4 is 18.3 Å². The molecule has 0 aliphatic carbocycles. The number of aromatic nitrogens is 2. The van der Waals surface area contributed by atoms with Crippen LogP contribution in [0.3, 0.4) is 0 Å². The highest BCUT2D eigenvalue weighted by atomic mass is 35.5. The SMILES string of the molecule is Cc1cc(C(=O)N2CC[C@@H](N)C2)nn1-c1ccccc1.Cl. The molecule has 0 bridgehead atoms. The molecule has 1 aliphatic heterocycles. The van der Waals surface area contributed by atoms with Crippen LogP contribution in [0.1, 0.15) is 22.6 Å². The largest absolute Gasteiger partial charge is 0.336 e. The number of nitrogens with zero attached hydrogens (tertiary/aromatic N) is 3. The van der Waals surface area contributed by atoms with E-state index in [4.69, 9.17) is 5.73 Å². The average molecular weight is 307 g/mol. The normalized spacial score (nSPS) is 17.6. The monoisotopic (exact) mass is 306 g/mol. The summed E-state index contributed by atoms with van der Waals surface area (Å²) in [6.45, 7) is 3.29. The minimum Gasteiger partial charge on any atom is -0.336 e. The second kappa shape index (κ2) is 6.28. The standard InChI is InChI=1S/C15H18N4O.ClH/c1-11-9-14(15(20)18-8-7-12(16)10-18)17-19(11)13-5-3-2-4-6-13;/h2-6,9,12H,7-8,10,16H2,1H3;1H/t12-;/m1./s1. The molecule has 21 heavy (non-hydrogen) atoms. The molecule has 0 radical (unpaired) electrons. The molecule has 0 spiro atoms. The Hall–Kier alpha value is -1.85. The first-order valence-corrected chi connectivity index (χ1v) is 6.82. The minimum atomic E-state index is -0.0317. The van der Waals surface area contributed by atoms with Crippen LogP contribution in [0.5, 0.6) is 0 Å². The lowest BCUT2D eigenvalue weighted by Gasteiger charge is -2.13. The second-order valence-electron chi connectivity index (χ2n) is 5.22. The number of carbonyl (C=O) groups excluding carboxylic acids is 1. The predicted molar refractivity (Wildman–Crippen MR) is 84.0 cm³/mol. The van der Waals surface area contributed by atoms with Gasteiger partial charge in [-0.3, -0.25) is 4.79 Å². The van der Waals surface area contributed by atoms with Gasteiger partial charge in [0.25, 0.3) is 5.91 Å². The highest BCUT2D eigenvalue weighted by molar-refractivity contribution is 5.92. The Morgan fingerprint density at radius 2 is 2.05 bits per heavy atom. The average Bonchev–Trinajstić information content (AvgIpc) is 3.05. The molecular formula is C15H19ClN4O. The van der Waals surface area contributed by atoms with E-state index in [1.807, 2.05) is 43.3 Å². The number of amides is 1. The van der Waals surface area contributed by atoms with Crippen LogP contribution in [0.15, 0.2) is 36.4 Å². The number of carbonyl (C=O) groups is 1. The molecule has 1 amide bonds. The number of rotatable bonds is 2. The molecule has 1 fully saturated rings. The van der Waals surface area contributed by atoms with Crippen molar-refractivity contribution < 1.29 is 4.79 Å². The maximum absolute atomic E-state index is 12.4. The van der Waals surface area contributed by atoms with Gasteiger partial charge in [-0.05, 0) is 31.5 Å². The van der Waals surface area contributed by atoms with Crippen molar-refractivity contribution in [1.29, 1.82) is 0 Å². The topological polar surface area (TPSA) is 64.2 Å². The maximum Gasteiger partial charge on any atom is 0.274 e. The summed E-state index contributed by atoms with van der Waals surface area (Å²) in [4.78, 5) is 14.2. The predicted octanol–water partition coefficient (Wildman–Crippen LogP) is 1.78. The molecule has 2 aromatic rings. The van der Waals surface area contributed by atoms with Gasteiger partial charge in [0.1, 0.15) is 0 Å². The fourth-order valence-electron chi connectivity index (χ4n) is 2.54. The molecule has 0 saturated carbocycles. The van der Waals surface area contributed by atoms with Crippen LogP contribution >= 0.6 is 12.4 Å². The van der Waals surface area contributed by atoms with Gasteiger partial charge in [-0.2, -0.15) is 5.10 Å². The van der Waals surface area contributed by atoms with E-state index in [9.17, 15) is 4.79 Å². The first-order valence-electron chi connectivity index (χ1n) is 6.82. The maximum atomic E-state index is 12.4. The van der Waals surface area contributed by atoms with Crippen LogP contribution in [0.4, 0.5) is 0 Å². The van der Waals surface area contributed by atoms with Crippen LogP contribution in [0.25, 0.3) is 5.69 Å². The lowest BCUT2D eigenvalue weighted by molar-refractivity contribution is 0.0784. The number of halogens is 1. The Kier molecular flexibility index (Phi) is 4.65. The van der Waals surface area contributed by atoms with Gasteiger partial charge in [-0.1, -0.05) is 18.2 Å². The quantitative estimate of drug-likeness (QED) is 0.920. The highest BCUT2D eigenvalue weighted by Crippen LogP contribution is 2.15. The summed E-state index contributed by atoms with van der Waals surface area (Å²) in [5.41, 5.74) is 8.24. The number of likely N-dealkylation sites (tertiary alicyclic amines) is 1. The molecule has 1 aliphatic rings.